The molecule has 1 unspecified atom stereocenters. The number of fused-ring (bicyclic) bond motifs is 3. The minimum Gasteiger partial charge on any atom is -0.379 e. The van der Waals surface area contributed by atoms with Crippen molar-refractivity contribution in [1.29, 1.82) is 0 Å². The lowest BCUT2D eigenvalue weighted by Crippen LogP contribution is -2.59. The van der Waals surface area contributed by atoms with Crippen molar-refractivity contribution in [1.82, 2.24) is 25.3 Å². The second kappa shape index (κ2) is 12.1. The van der Waals surface area contributed by atoms with Crippen LogP contribution in [0.25, 0.3) is 0 Å². The summed E-state index contributed by atoms with van der Waals surface area (Å²) in [5.41, 5.74) is 1.14. The summed E-state index contributed by atoms with van der Waals surface area (Å²) in [7, 11) is 0. The summed E-state index contributed by atoms with van der Waals surface area (Å²) >= 11 is 5.54. The molecule has 0 aromatic heterocycles. The highest BCUT2D eigenvalue weighted by molar-refractivity contribution is 7.80. The van der Waals surface area contributed by atoms with Crippen molar-refractivity contribution in [2.45, 2.75) is 18.9 Å². The summed E-state index contributed by atoms with van der Waals surface area (Å²) in [4.78, 5) is 10.1. The Hall–Kier alpha value is -1.52. The number of nitrogens with zero attached hydrogens (tertiary/aromatic N) is 4. The smallest absolute Gasteiger partial charge is 0.166 e. The SMILES string of the molecule is Fc1ccc(N2CCN(C[C@@H]3CN4CC[C@H]3C[C@@H]4CNC(=S)NCCN3CCOCC3)CC2)cc1. The van der Waals surface area contributed by atoms with E-state index in [0.717, 1.165) is 94.8 Å². The standard InChI is InChI=1S/C26H41FN6OS/c27-23-1-3-24(4-2-23)32-11-9-31(10-12-32)19-22-20-33-7-5-21(22)17-25(33)18-29-26(35)28-6-8-30-13-15-34-16-14-30/h1-4,21-22,25H,5-20H2,(H2,28,29,35)/t21-,22+,25+/m0/s1. The van der Waals surface area contributed by atoms with Crippen LogP contribution in [0, 0.1) is 17.7 Å². The van der Waals surface area contributed by atoms with Crippen LogP contribution < -0.4 is 15.5 Å². The lowest BCUT2D eigenvalue weighted by atomic mass is 9.75. The monoisotopic (exact) mass is 504 g/mol. The first kappa shape index (κ1) is 25.1. The summed E-state index contributed by atoms with van der Waals surface area (Å²) in [5, 5.41) is 7.66. The Labute approximate surface area is 214 Å². The molecule has 5 fully saturated rings. The van der Waals surface area contributed by atoms with Crippen LogP contribution in [0.15, 0.2) is 24.3 Å². The number of nitrogens with one attached hydrogen (secondary N) is 2. The van der Waals surface area contributed by atoms with Crippen LogP contribution in [0.2, 0.25) is 0 Å². The molecule has 4 atom stereocenters. The number of hydrogen-bond acceptors (Lipinski definition) is 6. The Morgan fingerprint density at radius 1 is 0.971 bits per heavy atom. The number of benzene rings is 1. The fraction of sp³-hybridized carbons (Fsp3) is 0.731. The molecule has 5 aliphatic rings. The van der Waals surface area contributed by atoms with E-state index < -0.39 is 0 Å². The lowest BCUT2D eigenvalue weighted by molar-refractivity contribution is -0.0110. The zero-order valence-electron chi connectivity index (χ0n) is 20.8. The number of hydrogen-bond donors (Lipinski definition) is 2. The van der Waals surface area contributed by atoms with Gasteiger partial charge in [-0.05, 0) is 67.7 Å². The van der Waals surface area contributed by atoms with Crippen LogP contribution in [-0.2, 0) is 4.74 Å². The van der Waals surface area contributed by atoms with Gasteiger partial charge in [-0.15, -0.1) is 0 Å². The molecule has 0 amide bonds. The largest absolute Gasteiger partial charge is 0.379 e. The van der Waals surface area contributed by atoms with Gasteiger partial charge in [-0.2, -0.15) is 0 Å². The van der Waals surface area contributed by atoms with E-state index in [1.54, 1.807) is 12.1 Å². The molecule has 7 nitrogen and oxygen atoms in total. The average Bonchev–Trinajstić information content (AvgIpc) is 2.90. The first-order valence-corrected chi connectivity index (χ1v) is 13.8. The van der Waals surface area contributed by atoms with Gasteiger partial charge in [0.2, 0.25) is 0 Å². The van der Waals surface area contributed by atoms with Crippen LogP contribution in [0.3, 0.4) is 0 Å². The molecule has 194 valence electrons. The molecule has 0 saturated carbocycles. The molecule has 0 radical (unpaired) electrons. The molecular weight excluding hydrogens is 463 g/mol. The van der Waals surface area contributed by atoms with Crippen molar-refractivity contribution in [2.75, 3.05) is 96.7 Å². The van der Waals surface area contributed by atoms with Crippen molar-refractivity contribution in [2.24, 2.45) is 11.8 Å². The fourth-order valence-electron chi connectivity index (χ4n) is 6.27. The molecule has 5 saturated heterocycles. The Kier molecular flexibility index (Phi) is 8.72. The zero-order chi connectivity index (χ0) is 24.0. The van der Waals surface area contributed by atoms with E-state index in [-0.39, 0.29) is 5.82 Å². The molecule has 5 heterocycles. The van der Waals surface area contributed by atoms with E-state index in [4.69, 9.17) is 17.0 Å². The van der Waals surface area contributed by atoms with Crippen LogP contribution >= 0.6 is 12.2 Å². The van der Waals surface area contributed by atoms with E-state index in [1.807, 2.05) is 12.1 Å². The van der Waals surface area contributed by atoms with Gasteiger partial charge in [-0.25, -0.2) is 4.39 Å². The molecule has 0 spiro atoms. The maximum atomic E-state index is 13.2. The van der Waals surface area contributed by atoms with Crippen LogP contribution in [0.5, 0.6) is 0 Å². The Balaban J connectivity index is 0.994. The van der Waals surface area contributed by atoms with Gasteiger partial charge < -0.3 is 20.3 Å². The highest BCUT2D eigenvalue weighted by Crippen LogP contribution is 2.36. The van der Waals surface area contributed by atoms with Crippen molar-refractivity contribution < 1.29 is 9.13 Å². The van der Waals surface area contributed by atoms with E-state index in [2.05, 4.69) is 30.2 Å². The maximum absolute atomic E-state index is 13.2. The van der Waals surface area contributed by atoms with E-state index in [0.29, 0.717) is 6.04 Å². The third kappa shape index (κ3) is 6.83. The molecule has 1 aromatic rings. The van der Waals surface area contributed by atoms with Crippen molar-refractivity contribution in [3.8, 4) is 0 Å². The lowest BCUT2D eigenvalue weighted by Gasteiger charge is -2.51. The van der Waals surface area contributed by atoms with E-state index >= 15 is 0 Å². The molecule has 9 heteroatoms. The van der Waals surface area contributed by atoms with Gasteiger partial charge in [0.1, 0.15) is 5.82 Å². The van der Waals surface area contributed by atoms with Crippen molar-refractivity contribution >= 4 is 23.0 Å². The number of piperidine rings is 3. The number of rotatable bonds is 8. The summed E-state index contributed by atoms with van der Waals surface area (Å²) in [6, 6.07) is 7.53. The molecule has 0 aliphatic carbocycles. The van der Waals surface area contributed by atoms with E-state index in [1.165, 1.54) is 32.5 Å². The topological polar surface area (TPSA) is 46.2 Å². The molecule has 6 rings (SSSR count). The van der Waals surface area contributed by atoms with Crippen molar-refractivity contribution in [3.63, 3.8) is 0 Å². The Morgan fingerprint density at radius 3 is 2.46 bits per heavy atom. The molecule has 2 bridgehead atoms. The minimum absolute atomic E-state index is 0.162. The van der Waals surface area contributed by atoms with E-state index in [9.17, 15) is 4.39 Å². The Morgan fingerprint density at radius 2 is 1.74 bits per heavy atom. The summed E-state index contributed by atoms with van der Waals surface area (Å²) in [6.07, 6.45) is 2.61. The summed E-state index contributed by atoms with van der Waals surface area (Å²) < 4.78 is 18.6. The highest BCUT2D eigenvalue weighted by atomic mass is 32.1. The molecule has 1 aromatic carbocycles. The quantitative estimate of drug-likeness (QED) is 0.516. The third-order valence-corrected chi connectivity index (χ3v) is 8.67. The summed E-state index contributed by atoms with van der Waals surface area (Å²) in [5.74, 6) is 1.44. The van der Waals surface area contributed by atoms with Gasteiger partial charge in [-0.3, -0.25) is 14.7 Å². The van der Waals surface area contributed by atoms with Gasteiger partial charge in [0.25, 0.3) is 0 Å². The average molecular weight is 505 g/mol. The van der Waals surface area contributed by atoms with Crippen LogP contribution in [-0.4, -0.2) is 118 Å². The van der Waals surface area contributed by atoms with Crippen molar-refractivity contribution in [3.05, 3.63) is 30.1 Å². The highest BCUT2D eigenvalue weighted by Gasteiger charge is 2.40. The second-order valence-electron chi connectivity index (χ2n) is 10.5. The van der Waals surface area contributed by atoms with Gasteiger partial charge in [0.15, 0.2) is 5.11 Å². The van der Waals surface area contributed by atoms with Gasteiger partial charge in [0.05, 0.1) is 13.2 Å². The predicted octanol–water partition coefficient (Wildman–Crippen LogP) is 1.45. The fourth-order valence-corrected chi connectivity index (χ4v) is 6.45. The number of thiocarbonyl (C=S) groups is 1. The minimum atomic E-state index is -0.162. The number of ether oxygens (including phenoxy) is 1. The number of piperazine rings is 1. The first-order valence-electron chi connectivity index (χ1n) is 13.4. The van der Waals surface area contributed by atoms with Gasteiger partial charge in [-0.1, -0.05) is 0 Å². The molecule has 35 heavy (non-hydrogen) atoms. The summed E-state index contributed by atoms with van der Waals surface area (Å²) in [6.45, 7) is 14.5. The third-order valence-electron chi connectivity index (χ3n) is 8.39. The molecule has 2 N–H and O–H groups in total. The predicted molar refractivity (Wildman–Crippen MR) is 142 cm³/mol. The first-order chi connectivity index (χ1) is 17.1. The zero-order valence-corrected chi connectivity index (χ0v) is 21.7. The molecular formula is C26H41FN6OS. The molecule has 5 aliphatic heterocycles. The van der Waals surface area contributed by atoms with Crippen LogP contribution in [0.4, 0.5) is 10.1 Å². The number of morpholine rings is 1. The van der Waals surface area contributed by atoms with Gasteiger partial charge in [0, 0.05) is 83.7 Å². The van der Waals surface area contributed by atoms with Gasteiger partial charge >= 0.3 is 0 Å². The number of halogens is 1. The van der Waals surface area contributed by atoms with Crippen LogP contribution in [0.1, 0.15) is 12.8 Å². The maximum Gasteiger partial charge on any atom is 0.166 e. The number of anilines is 1. The normalized spacial score (nSPS) is 29.8. The second-order valence-corrected chi connectivity index (χ2v) is 11.0. The Bertz CT molecular complexity index is 815.